The molecular weight excluding hydrogens is 670 g/mol. The SMILES string of the molecule is CNCCCOCCOCCOCCCNC(=O)CCCCn1nnnc1C(C)(C)CCCCOc1cc(-c2ccccc2)cc(-c2ccccc2)n1. The van der Waals surface area contributed by atoms with E-state index in [1.54, 1.807) is 0 Å². The van der Waals surface area contributed by atoms with E-state index in [-0.39, 0.29) is 11.3 Å². The van der Waals surface area contributed by atoms with E-state index in [4.69, 9.17) is 23.9 Å². The highest BCUT2D eigenvalue weighted by Crippen LogP contribution is 2.30. The summed E-state index contributed by atoms with van der Waals surface area (Å²) in [5, 5.41) is 18.7. The van der Waals surface area contributed by atoms with Gasteiger partial charge in [-0.05, 0) is 86.2 Å². The number of aryl methyl sites for hydroxylation is 1. The van der Waals surface area contributed by atoms with Crippen LogP contribution in [0.25, 0.3) is 22.4 Å². The molecule has 12 nitrogen and oxygen atoms in total. The van der Waals surface area contributed by atoms with Crippen molar-refractivity contribution in [1.29, 1.82) is 0 Å². The van der Waals surface area contributed by atoms with Crippen molar-refractivity contribution in [1.82, 2.24) is 35.8 Å². The predicted octanol–water partition coefficient (Wildman–Crippen LogP) is 6.26. The largest absolute Gasteiger partial charge is 0.478 e. The van der Waals surface area contributed by atoms with Gasteiger partial charge in [-0.25, -0.2) is 9.67 Å². The Morgan fingerprint density at radius 2 is 1.38 bits per heavy atom. The number of benzene rings is 2. The summed E-state index contributed by atoms with van der Waals surface area (Å²) < 4.78 is 24.7. The smallest absolute Gasteiger partial charge is 0.219 e. The number of rotatable bonds is 28. The summed E-state index contributed by atoms with van der Waals surface area (Å²) in [6.07, 6.45) is 6.57. The minimum absolute atomic E-state index is 0.0563. The molecule has 4 aromatic rings. The molecule has 0 radical (unpaired) electrons. The number of tetrazole rings is 1. The third-order valence-electron chi connectivity index (χ3n) is 8.83. The zero-order valence-electron chi connectivity index (χ0n) is 31.9. The number of carbonyl (C=O) groups is 1. The molecule has 0 aliphatic rings. The number of amides is 1. The molecule has 12 heteroatoms. The van der Waals surface area contributed by atoms with Gasteiger partial charge in [-0.1, -0.05) is 74.5 Å². The topological polar surface area (TPSA) is 135 Å². The number of unbranched alkanes of at least 4 members (excludes halogenated alkanes) is 2. The normalized spacial score (nSPS) is 11.5. The summed E-state index contributed by atoms with van der Waals surface area (Å²) in [5.41, 5.74) is 3.95. The first-order chi connectivity index (χ1) is 26.0. The molecule has 0 aliphatic carbocycles. The van der Waals surface area contributed by atoms with Gasteiger partial charge in [0.15, 0.2) is 5.82 Å². The molecule has 4 rings (SSSR count). The number of nitrogens with one attached hydrogen (secondary N) is 2. The van der Waals surface area contributed by atoms with Crippen molar-refractivity contribution in [3.63, 3.8) is 0 Å². The van der Waals surface area contributed by atoms with Gasteiger partial charge in [0.1, 0.15) is 0 Å². The van der Waals surface area contributed by atoms with Gasteiger partial charge in [0.05, 0.1) is 38.7 Å². The zero-order valence-corrected chi connectivity index (χ0v) is 31.9. The highest BCUT2D eigenvalue weighted by molar-refractivity contribution is 5.75. The Morgan fingerprint density at radius 1 is 0.717 bits per heavy atom. The number of hydrogen-bond donors (Lipinski definition) is 2. The Bertz CT molecular complexity index is 1510. The molecule has 0 atom stereocenters. The predicted molar refractivity (Wildman–Crippen MR) is 208 cm³/mol. The lowest BCUT2D eigenvalue weighted by atomic mass is 9.86. The lowest BCUT2D eigenvalue weighted by molar-refractivity contribution is -0.121. The van der Waals surface area contributed by atoms with Crippen LogP contribution in [0.4, 0.5) is 0 Å². The van der Waals surface area contributed by atoms with Gasteiger partial charge in [0, 0.05) is 49.8 Å². The maximum Gasteiger partial charge on any atom is 0.219 e. The van der Waals surface area contributed by atoms with E-state index in [0.29, 0.717) is 65.0 Å². The average Bonchev–Trinajstić information content (AvgIpc) is 3.67. The van der Waals surface area contributed by atoms with Gasteiger partial charge < -0.3 is 29.6 Å². The number of pyridine rings is 1. The number of hydrogen-bond acceptors (Lipinski definition) is 10. The highest BCUT2D eigenvalue weighted by Gasteiger charge is 2.27. The van der Waals surface area contributed by atoms with E-state index < -0.39 is 0 Å². The zero-order chi connectivity index (χ0) is 37.4. The van der Waals surface area contributed by atoms with Crippen LogP contribution in [0.15, 0.2) is 72.8 Å². The molecule has 0 saturated carbocycles. The fourth-order valence-corrected chi connectivity index (χ4v) is 5.86. The minimum Gasteiger partial charge on any atom is -0.478 e. The Labute approximate surface area is 315 Å². The summed E-state index contributed by atoms with van der Waals surface area (Å²) >= 11 is 0. The van der Waals surface area contributed by atoms with Crippen LogP contribution < -0.4 is 15.4 Å². The van der Waals surface area contributed by atoms with E-state index in [9.17, 15) is 4.79 Å². The molecule has 0 fully saturated rings. The maximum absolute atomic E-state index is 12.3. The van der Waals surface area contributed by atoms with Crippen LogP contribution in [0.1, 0.15) is 71.0 Å². The Kier molecular flexibility index (Phi) is 18.9. The van der Waals surface area contributed by atoms with Gasteiger partial charge in [0.2, 0.25) is 11.8 Å². The number of carbonyl (C=O) groups excluding carboxylic acids is 1. The first-order valence-electron chi connectivity index (χ1n) is 19.1. The van der Waals surface area contributed by atoms with E-state index in [0.717, 1.165) is 86.3 Å². The van der Waals surface area contributed by atoms with Crippen LogP contribution in [0.3, 0.4) is 0 Å². The highest BCUT2D eigenvalue weighted by atomic mass is 16.5. The van der Waals surface area contributed by atoms with Gasteiger partial charge in [-0.3, -0.25) is 4.79 Å². The summed E-state index contributed by atoms with van der Waals surface area (Å²) in [4.78, 5) is 17.2. The van der Waals surface area contributed by atoms with Crippen molar-refractivity contribution >= 4 is 5.91 Å². The maximum atomic E-state index is 12.3. The second-order valence-corrected chi connectivity index (χ2v) is 13.7. The minimum atomic E-state index is -0.207. The second kappa shape index (κ2) is 24.2. The molecule has 2 aromatic carbocycles. The molecule has 53 heavy (non-hydrogen) atoms. The lowest BCUT2D eigenvalue weighted by Gasteiger charge is -2.23. The third-order valence-corrected chi connectivity index (χ3v) is 8.83. The molecule has 288 valence electrons. The number of nitrogens with zero attached hydrogens (tertiary/aromatic N) is 5. The molecule has 0 bridgehead atoms. The third kappa shape index (κ3) is 15.7. The van der Waals surface area contributed by atoms with Crippen molar-refractivity contribution in [3.05, 3.63) is 78.6 Å². The van der Waals surface area contributed by atoms with Crippen LogP contribution in [-0.2, 0) is 31.0 Å². The number of ether oxygens (including phenoxy) is 4. The van der Waals surface area contributed by atoms with Gasteiger partial charge in [0.25, 0.3) is 0 Å². The van der Waals surface area contributed by atoms with Crippen LogP contribution in [0, 0.1) is 0 Å². The summed E-state index contributed by atoms with van der Waals surface area (Å²) in [6.45, 7) is 10.7. The van der Waals surface area contributed by atoms with Gasteiger partial charge in [-0.15, -0.1) is 5.10 Å². The van der Waals surface area contributed by atoms with Crippen LogP contribution in [-0.4, -0.2) is 97.5 Å². The molecule has 0 saturated heterocycles. The van der Waals surface area contributed by atoms with Crippen LogP contribution >= 0.6 is 0 Å². The molecule has 2 N–H and O–H groups in total. The molecule has 2 aromatic heterocycles. The summed E-state index contributed by atoms with van der Waals surface area (Å²) in [5.74, 6) is 1.55. The monoisotopic (exact) mass is 729 g/mol. The quantitative estimate of drug-likeness (QED) is 0.0645. The van der Waals surface area contributed by atoms with E-state index in [1.165, 1.54) is 0 Å². The first kappa shape index (κ1) is 41.5. The Balaban J connectivity index is 1.08. The molecule has 1 amide bonds. The summed E-state index contributed by atoms with van der Waals surface area (Å²) in [7, 11) is 1.93. The Hall–Kier alpha value is -4.23. The molecule has 2 heterocycles. The second-order valence-electron chi connectivity index (χ2n) is 13.7. The van der Waals surface area contributed by atoms with Crippen molar-refractivity contribution < 1.29 is 23.7 Å². The van der Waals surface area contributed by atoms with Crippen molar-refractivity contribution in [2.45, 2.75) is 77.2 Å². The van der Waals surface area contributed by atoms with E-state index in [1.807, 2.05) is 54.2 Å². The van der Waals surface area contributed by atoms with E-state index in [2.05, 4.69) is 70.3 Å². The molecule has 0 unspecified atom stereocenters. The van der Waals surface area contributed by atoms with Crippen molar-refractivity contribution in [2.24, 2.45) is 0 Å². The molecular formula is C41H59N7O5. The van der Waals surface area contributed by atoms with E-state index >= 15 is 0 Å². The Morgan fingerprint density at radius 3 is 2.08 bits per heavy atom. The first-order valence-corrected chi connectivity index (χ1v) is 19.1. The van der Waals surface area contributed by atoms with Gasteiger partial charge in [-0.2, -0.15) is 0 Å². The van der Waals surface area contributed by atoms with Crippen LogP contribution in [0.2, 0.25) is 0 Å². The van der Waals surface area contributed by atoms with Crippen LogP contribution in [0.5, 0.6) is 5.88 Å². The standard InChI is InChI=1S/C41H59N7O5/c1-41(2,21-11-13-27-53-39-33-36(34-16-6-4-7-17-34)32-37(44-39)35-18-8-5-9-19-35)40-45-46-47-48(40)24-12-10-20-38(49)43-23-15-26-51-29-31-52-30-28-50-25-14-22-42-3/h4-9,16-19,32-33,42H,10-15,20-31H2,1-3H3,(H,43,49). The molecule has 0 spiro atoms. The fourth-order valence-electron chi connectivity index (χ4n) is 5.86. The summed E-state index contributed by atoms with van der Waals surface area (Å²) in [6, 6.07) is 24.6. The lowest BCUT2D eigenvalue weighted by Crippen LogP contribution is -2.25. The molecule has 0 aliphatic heterocycles. The number of aromatic nitrogens is 5. The fraction of sp³-hybridized carbons (Fsp3) is 0.537. The van der Waals surface area contributed by atoms with Crippen molar-refractivity contribution in [2.75, 3.05) is 66.4 Å². The van der Waals surface area contributed by atoms with Crippen molar-refractivity contribution in [3.8, 4) is 28.3 Å². The van der Waals surface area contributed by atoms with Gasteiger partial charge >= 0.3 is 0 Å². The average molecular weight is 730 g/mol.